The number of hydrogen-bond acceptors (Lipinski definition) is 3. The molecule has 0 aliphatic carbocycles. The van der Waals surface area contributed by atoms with Crippen molar-refractivity contribution in [3.05, 3.63) is 71.3 Å². The molecule has 0 bridgehead atoms. The molecule has 1 fully saturated rings. The first kappa shape index (κ1) is 27.1. The van der Waals surface area contributed by atoms with Gasteiger partial charge in [-0.2, -0.15) is 0 Å². The van der Waals surface area contributed by atoms with Gasteiger partial charge in [-0.15, -0.1) is 24.0 Å². The summed E-state index contributed by atoms with van der Waals surface area (Å²) in [6.45, 7) is 7.75. The van der Waals surface area contributed by atoms with Crippen LogP contribution in [0.3, 0.4) is 0 Å². The number of rotatable bonds is 8. The summed E-state index contributed by atoms with van der Waals surface area (Å²) in [5.41, 5.74) is 3.12. The molecule has 2 aromatic carbocycles. The van der Waals surface area contributed by atoms with Crippen LogP contribution in [0.4, 0.5) is 0 Å². The lowest BCUT2D eigenvalue weighted by Crippen LogP contribution is -2.51. The van der Waals surface area contributed by atoms with E-state index in [0.717, 1.165) is 43.9 Å². The Labute approximate surface area is 215 Å². The summed E-state index contributed by atoms with van der Waals surface area (Å²) >= 11 is 0. The molecule has 0 spiro atoms. The maximum absolute atomic E-state index is 12.2. The third kappa shape index (κ3) is 8.62. The fraction of sp³-hybridized carbons (Fsp3) is 0.462. The summed E-state index contributed by atoms with van der Waals surface area (Å²) < 4.78 is 0. The minimum atomic E-state index is -0.0209. The van der Waals surface area contributed by atoms with E-state index in [9.17, 15) is 4.79 Å². The van der Waals surface area contributed by atoms with Gasteiger partial charge in [0.15, 0.2) is 5.96 Å². The molecule has 2 unspecified atom stereocenters. The van der Waals surface area contributed by atoms with Crippen molar-refractivity contribution in [2.24, 2.45) is 4.99 Å². The minimum absolute atomic E-state index is 0. The number of nitrogens with zero attached hydrogens (tertiary/aromatic N) is 2. The van der Waals surface area contributed by atoms with Gasteiger partial charge in [0.05, 0.1) is 0 Å². The van der Waals surface area contributed by atoms with Crippen LogP contribution in [0.5, 0.6) is 0 Å². The van der Waals surface area contributed by atoms with Gasteiger partial charge in [-0.05, 0) is 49.4 Å². The number of nitrogens with one attached hydrogen (secondary N) is 3. The van der Waals surface area contributed by atoms with Gasteiger partial charge < -0.3 is 16.0 Å². The van der Waals surface area contributed by atoms with Crippen LogP contribution in [-0.4, -0.2) is 49.0 Å². The number of aliphatic imine (C=N–C) groups is 1. The van der Waals surface area contributed by atoms with Crippen LogP contribution >= 0.6 is 24.0 Å². The van der Waals surface area contributed by atoms with E-state index in [0.29, 0.717) is 30.7 Å². The number of amides is 1. The first-order valence-electron chi connectivity index (χ1n) is 11.7. The molecule has 6 nitrogen and oxygen atoms in total. The molecule has 0 saturated carbocycles. The van der Waals surface area contributed by atoms with Crippen molar-refractivity contribution in [1.82, 2.24) is 20.9 Å². The zero-order chi connectivity index (χ0) is 22.8. The van der Waals surface area contributed by atoms with Crippen molar-refractivity contribution >= 4 is 35.8 Å². The Balaban J connectivity index is 0.00000385. The molecule has 3 N–H and O–H groups in total. The van der Waals surface area contributed by atoms with Crippen molar-refractivity contribution in [3.8, 4) is 0 Å². The molecule has 7 heteroatoms. The molecular formula is C26H38IN5O. The van der Waals surface area contributed by atoms with Gasteiger partial charge in [-0.1, -0.05) is 49.4 Å². The molecule has 1 aliphatic rings. The second-order valence-electron chi connectivity index (χ2n) is 8.55. The Kier molecular flexibility index (Phi) is 11.7. The molecule has 180 valence electrons. The second kappa shape index (κ2) is 14.2. The fourth-order valence-corrected chi connectivity index (χ4v) is 4.14. The SMILES string of the molecule is CCCNC(=O)c1cccc(CNC(=NC)NC2CCN(Cc3ccccc3)C(C)C2)c1.I. The predicted octanol–water partition coefficient (Wildman–Crippen LogP) is 4.16. The van der Waals surface area contributed by atoms with Crippen molar-refractivity contribution in [2.45, 2.75) is 58.3 Å². The van der Waals surface area contributed by atoms with Crippen molar-refractivity contribution in [1.29, 1.82) is 0 Å². The molecule has 1 heterocycles. The van der Waals surface area contributed by atoms with Crippen molar-refractivity contribution < 1.29 is 4.79 Å². The van der Waals surface area contributed by atoms with E-state index in [1.165, 1.54) is 5.56 Å². The number of hydrogen-bond donors (Lipinski definition) is 3. The van der Waals surface area contributed by atoms with Crippen LogP contribution in [0.15, 0.2) is 59.6 Å². The Morgan fingerprint density at radius 3 is 2.55 bits per heavy atom. The summed E-state index contributed by atoms with van der Waals surface area (Å²) in [6.07, 6.45) is 3.10. The maximum Gasteiger partial charge on any atom is 0.251 e. The van der Waals surface area contributed by atoms with E-state index >= 15 is 0 Å². The zero-order valence-corrected chi connectivity index (χ0v) is 22.3. The molecule has 33 heavy (non-hydrogen) atoms. The smallest absolute Gasteiger partial charge is 0.251 e. The van der Waals surface area contributed by atoms with Gasteiger partial charge in [0.2, 0.25) is 0 Å². The molecule has 1 aliphatic heterocycles. The van der Waals surface area contributed by atoms with Gasteiger partial charge in [0.1, 0.15) is 0 Å². The monoisotopic (exact) mass is 563 g/mol. The molecule has 0 radical (unpaired) electrons. The summed E-state index contributed by atoms with van der Waals surface area (Å²) in [5.74, 6) is 0.784. The van der Waals surface area contributed by atoms with Crippen LogP contribution < -0.4 is 16.0 Å². The Hall–Kier alpha value is -2.13. The Bertz CT molecular complexity index is 889. The highest BCUT2D eigenvalue weighted by Crippen LogP contribution is 2.20. The van der Waals surface area contributed by atoms with E-state index in [1.807, 2.05) is 31.2 Å². The third-order valence-electron chi connectivity index (χ3n) is 5.99. The van der Waals surface area contributed by atoms with Crippen LogP contribution in [0, 0.1) is 0 Å². The van der Waals surface area contributed by atoms with E-state index in [1.54, 1.807) is 7.05 Å². The van der Waals surface area contributed by atoms with Crippen LogP contribution in [-0.2, 0) is 13.1 Å². The zero-order valence-electron chi connectivity index (χ0n) is 20.0. The summed E-state index contributed by atoms with van der Waals surface area (Å²) in [6, 6.07) is 19.3. The largest absolute Gasteiger partial charge is 0.354 e. The highest BCUT2D eigenvalue weighted by molar-refractivity contribution is 14.0. The van der Waals surface area contributed by atoms with E-state index in [-0.39, 0.29) is 29.9 Å². The number of guanidine groups is 1. The molecule has 1 amide bonds. The maximum atomic E-state index is 12.2. The Morgan fingerprint density at radius 1 is 1.09 bits per heavy atom. The fourth-order valence-electron chi connectivity index (χ4n) is 4.14. The summed E-state index contributed by atoms with van der Waals surface area (Å²) in [4.78, 5) is 19.2. The average Bonchev–Trinajstić information content (AvgIpc) is 2.82. The predicted molar refractivity (Wildman–Crippen MR) is 147 cm³/mol. The third-order valence-corrected chi connectivity index (χ3v) is 5.99. The standard InChI is InChI=1S/C26H37N5O.HI/c1-4-14-28-25(32)23-12-8-11-22(17-23)18-29-26(27-3)30-24-13-15-31(20(2)16-24)19-21-9-6-5-7-10-21;/h5-12,17,20,24H,4,13-16,18-19H2,1-3H3,(H,28,32)(H2,27,29,30);1H. The number of likely N-dealkylation sites (tertiary alicyclic amines) is 1. The van der Waals surface area contributed by atoms with Gasteiger partial charge in [0.25, 0.3) is 5.91 Å². The lowest BCUT2D eigenvalue weighted by molar-refractivity contribution is 0.0953. The van der Waals surface area contributed by atoms with Gasteiger partial charge in [0, 0.05) is 50.9 Å². The summed E-state index contributed by atoms with van der Waals surface area (Å²) in [7, 11) is 1.80. The molecular weight excluding hydrogens is 525 g/mol. The van der Waals surface area contributed by atoms with Crippen LogP contribution in [0.2, 0.25) is 0 Å². The summed E-state index contributed by atoms with van der Waals surface area (Å²) in [5, 5.41) is 9.92. The van der Waals surface area contributed by atoms with Gasteiger partial charge in [-0.25, -0.2) is 0 Å². The number of halogens is 1. The first-order valence-corrected chi connectivity index (χ1v) is 11.7. The topological polar surface area (TPSA) is 68.8 Å². The van der Waals surface area contributed by atoms with Gasteiger partial charge >= 0.3 is 0 Å². The van der Waals surface area contributed by atoms with E-state index < -0.39 is 0 Å². The van der Waals surface area contributed by atoms with E-state index in [4.69, 9.17) is 0 Å². The van der Waals surface area contributed by atoms with Crippen molar-refractivity contribution in [3.63, 3.8) is 0 Å². The number of piperidine rings is 1. The number of carbonyl (C=O) groups is 1. The molecule has 1 saturated heterocycles. The van der Waals surface area contributed by atoms with Crippen LogP contribution in [0.25, 0.3) is 0 Å². The quantitative estimate of drug-likeness (QED) is 0.257. The number of carbonyl (C=O) groups excluding carboxylic acids is 1. The lowest BCUT2D eigenvalue weighted by Gasteiger charge is -2.38. The Morgan fingerprint density at radius 2 is 1.85 bits per heavy atom. The average molecular weight is 564 g/mol. The lowest BCUT2D eigenvalue weighted by atomic mass is 9.97. The number of benzene rings is 2. The van der Waals surface area contributed by atoms with E-state index in [2.05, 4.69) is 63.1 Å². The molecule has 2 atom stereocenters. The van der Waals surface area contributed by atoms with Crippen LogP contribution in [0.1, 0.15) is 54.6 Å². The molecule has 0 aromatic heterocycles. The molecule has 3 rings (SSSR count). The normalized spacial score (nSPS) is 18.8. The second-order valence-corrected chi connectivity index (χ2v) is 8.55. The highest BCUT2D eigenvalue weighted by Gasteiger charge is 2.25. The minimum Gasteiger partial charge on any atom is -0.354 e. The first-order chi connectivity index (χ1) is 15.6. The molecule has 2 aromatic rings. The van der Waals surface area contributed by atoms with Crippen molar-refractivity contribution in [2.75, 3.05) is 20.1 Å². The van der Waals surface area contributed by atoms with Gasteiger partial charge in [-0.3, -0.25) is 14.7 Å². The highest BCUT2D eigenvalue weighted by atomic mass is 127.